The van der Waals surface area contributed by atoms with Crippen LogP contribution in [0.4, 0.5) is 5.69 Å². The first-order chi connectivity index (χ1) is 14.0. The Hall–Kier alpha value is -3.59. The summed E-state index contributed by atoms with van der Waals surface area (Å²) in [5, 5.41) is 7.10. The third kappa shape index (κ3) is 4.64. The van der Waals surface area contributed by atoms with Crippen molar-refractivity contribution in [3.8, 4) is 17.2 Å². The Balaban J connectivity index is 1.72. The van der Waals surface area contributed by atoms with Gasteiger partial charge in [-0.1, -0.05) is 17.7 Å². The van der Waals surface area contributed by atoms with Gasteiger partial charge in [-0.3, -0.25) is 4.79 Å². The van der Waals surface area contributed by atoms with E-state index in [1.54, 1.807) is 36.4 Å². The van der Waals surface area contributed by atoms with Gasteiger partial charge < -0.3 is 19.5 Å². The Kier molecular flexibility index (Phi) is 6.30. The number of ether oxygens (including phenoxy) is 3. The quantitative estimate of drug-likeness (QED) is 0.590. The maximum Gasteiger partial charge on any atom is 0.346 e. The molecule has 3 aromatic rings. The number of rotatable bonds is 7. The van der Waals surface area contributed by atoms with Gasteiger partial charge in [0.2, 0.25) is 0 Å². The third-order valence-corrected chi connectivity index (χ3v) is 4.10. The molecule has 0 radical (unpaired) electrons. The summed E-state index contributed by atoms with van der Waals surface area (Å²) in [6, 6.07) is 9.75. The number of nitrogens with zero attached hydrogens (tertiary/aromatic N) is 3. The zero-order chi connectivity index (χ0) is 20.8. The first kappa shape index (κ1) is 20.2. The average Bonchev–Trinajstić information content (AvgIpc) is 3.26. The van der Waals surface area contributed by atoms with Crippen molar-refractivity contribution < 1.29 is 23.8 Å². The van der Waals surface area contributed by atoms with E-state index in [-0.39, 0.29) is 17.1 Å². The van der Waals surface area contributed by atoms with E-state index in [0.29, 0.717) is 16.4 Å². The number of anilines is 1. The minimum Gasteiger partial charge on any atom is -0.496 e. The van der Waals surface area contributed by atoms with Crippen LogP contribution in [0.3, 0.4) is 0 Å². The molecule has 0 aliphatic rings. The van der Waals surface area contributed by atoms with E-state index >= 15 is 0 Å². The molecular weight excluding hydrogens is 400 g/mol. The second kappa shape index (κ2) is 9.07. The zero-order valence-electron chi connectivity index (χ0n) is 15.6. The molecule has 10 heteroatoms. The van der Waals surface area contributed by atoms with Crippen LogP contribution in [0.15, 0.2) is 49.1 Å². The lowest BCUT2D eigenvalue weighted by Gasteiger charge is -2.13. The normalized spacial score (nSPS) is 10.3. The van der Waals surface area contributed by atoms with Gasteiger partial charge in [-0.25, -0.2) is 14.5 Å². The van der Waals surface area contributed by atoms with E-state index in [1.807, 2.05) is 0 Å². The van der Waals surface area contributed by atoms with Gasteiger partial charge in [0.05, 0.1) is 25.6 Å². The lowest BCUT2D eigenvalue weighted by Crippen LogP contribution is -2.22. The molecule has 9 nitrogen and oxygen atoms in total. The van der Waals surface area contributed by atoms with Crippen molar-refractivity contribution in [2.45, 2.75) is 0 Å². The highest BCUT2D eigenvalue weighted by molar-refractivity contribution is 6.31. The van der Waals surface area contributed by atoms with E-state index < -0.39 is 18.5 Å². The molecule has 0 unspecified atom stereocenters. The van der Waals surface area contributed by atoms with E-state index in [0.717, 1.165) is 0 Å². The molecule has 2 aromatic carbocycles. The van der Waals surface area contributed by atoms with Crippen molar-refractivity contribution in [1.82, 2.24) is 14.8 Å². The summed E-state index contributed by atoms with van der Waals surface area (Å²) in [4.78, 5) is 28.7. The summed E-state index contributed by atoms with van der Waals surface area (Å²) >= 11 is 6.03. The predicted octanol–water partition coefficient (Wildman–Crippen LogP) is 2.73. The molecule has 1 heterocycles. The van der Waals surface area contributed by atoms with Gasteiger partial charge in [-0.2, -0.15) is 5.10 Å². The van der Waals surface area contributed by atoms with Crippen molar-refractivity contribution in [2.75, 3.05) is 26.1 Å². The molecule has 3 rings (SSSR count). The number of hydrogen-bond acceptors (Lipinski definition) is 7. The summed E-state index contributed by atoms with van der Waals surface area (Å²) in [6.07, 6.45) is 2.84. The summed E-state index contributed by atoms with van der Waals surface area (Å²) in [5.41, 5.74) is 1.04. The molecule has 0 fully saturated rings. The smallest absolute Gasteiger partial charge is 0.346 e. The number of amides is 1. The monoisotopic (exact) mass is 416 g/mol. The van der Waals surface area contributed by atoms with Crippen LogP contribution < -0.4 is 14.8 Å². The van der Waals surface area contributed by atoms with Gasteiger partial charge in [0.15, 0.2) is 6.61 Å². The molecule has 1 N–H and O–H groups in total. The number of nitrogens with one attached hydrogen (secondary N) is 1. The standard InChI is InChI=1S/C19H17ClN4O5/c1-27-15-4-3-5-16(28-2)18(15)19(26)29-9-17(25)23-13-8-12(20)6-7-14(13)24-11-21-10-22-24/h3-8,10-11H,9H2,1-2H3,(H,23,25). The minimum atomic E-state index is -0.753. The summed E-state index contributed by atoms with van der Waals surface area (Å²) in [7, 11) is 2.84. The number of halogens is 1. The largest absolute Gasteiger partial charge is 0.496 e. The molecule has 0 aliphatic carbocycles. The van der Waals surface area contributed by atoms with Crippen LogP contribution in [0.5, 0.6) is 11.5 Å². The number of carbonyl (C=O) groups excluding carboxylic acids is 2. The number of carbonyl (C=O) groups is 2. The lowest BCUT2D eigenvalue weighted by molar-refractivity contribution is -0.119. The predicted molar refractivity (Wildman–Crippen MR) is 105 cm³/mol. The van der Waals surface area contributed by atoms with E-state index in [2.05, 4.69) is 15.4 Å². The molecule has 0 saturated carbocycles. The van der Waals surface area contributed by atoms with E-state index in [1.165, 1.54) is 31.6 Å². The second-order valence-electron chi connectivity index (χ2n) is 5.66. The minimum absolute atomic E-state index is 0.0939. The Morgan fingerprint density at radius 2 is 1.86 bits per heavy atom. The van der Waals surface area contributed by atoms with Gasteiger partial charge in [-0.05, 0) is 30.3 Å². The number of aromatic nitrogens is 3. The summed E-state index contributed by atoms with van der Waals surface area (Å²) in [6.45, 7) is -0.524. The number of benzene rings is 2. The van der Waals surface area contributed by atoms with Gasteiger partial charge in [0.1, 0.15) is 29.7 Å². The molecule has 1 amide bonds. The van der Waals surface area contributed by atoms with Crippen LogP contribution in [0.1, 0.15) is 10.4 Å². The van der Waals surface area contributed by atoms with Crippen LogP contribution >= 0.6 is 11.6 Å². The number of methoxy groups -OCH3 is 2. The number of esters is 1. The van der Waals surface area contributed by atoms with Crippen LogP contribution in [0.2, 0.25) is 5.02 Å². The fraction of sp³-hybridized carbons (Fsp3) is 0.158. The second-order valence-corrected chi connectivity index (χ2v) is 6.10. The summed E-state index contributed by atoms with van der Waals surface area (Å²) < 4.78 is 16.9. The Bertz CT molecular complexity index is 1000. The molecule has 0 bridgehead atoms. The van der Waals surface area contributed by atoms with Gasteiger partial charge >= 0.3 is 5.97 Å². The molecule has 1 aromatic heterocycles. The number of hydrogen-bond donors (Lipinski definition) is 1. The fourth-order valence-electron chi connectivity index (χ4n) is 2.58. The van der Waals surface area contributed by atoms with Crippen LogP contribution in [0.25, 0.3) is 5.69 Å². The Morgan fingerprint density at radius 3 is 2.48 bits per heavy atom. The lowest BCUT2D eigenvalue weighted by atomic mass is 10.2. The van der Waals surface area contributed by atoms with Gasteiger partial charge in [-0.15, -0.1) is 0 Å². The maximum absolute atomic E-state index is 12.5. The molecule has 150 valence electrons. The van der Waals surface area contributed by atoms with Gasteiger partial charge in [0, 0.05) is 5.02 Å². The first-order valence-corrected chi connectivity index (χ1v) is 8.73. The Morgan fingerprint density at radius 1 is 1.14 bits per heavy atom. The van der Waals surface area contributed by atoms with Crippen molar-refractivity contribution >= 4 is 29.2 Å². The highest BCUT2D eigenvalue weighted by Crippen LogP contribution is 2.29. The SMILES string of the molecule is COc1cccc(OC)c1C(=O)OCC(=O)Nc1cc(Cl)ccc1-n1cncn1. The highest BCUT2D eigenvalue weighted by atomic mass is 35.5. The average molecular weight is 417 g/mol. The molecule has 0 aliphatic heterocycles. The van der Waals surface area contributed by atoms with Crippen molar-refractivity contribution in [1.29, 1.82) is 0 Å². The molecular formula is C19H17ClN4O5. The van der Waals surface area contributed by atoms with Crippen LogP contribution in [0, 0.1) is 0 Å². The van der Waals surface area contributed by atoms with Crippen molar-refractivity contribution in [2.24, 2.45) is 0 Å². The Labute approximate surface area is 171 Å². The van der Waals surface area contributed by atoms with E-state index in [9.17, 15) is 9.59 Å². The molecule has 0 saturated heterocycles. The summed E-state index contributed by atoms with van der Waals surface area (Å²) in [5.74, 6) is -0.760. The molecule has 0 atom stereocenters. The van der Waals surface area contributed by atoms with E-state index in [4.69, 9.17) is 25.8 Å². The van der Waals surface area contributed by atoms with Crippen molar-refractivity contribution in [3.63, 3.8) is 0 Å². The topological polar surface area (TPSA) is 105 Å². The fourth-order valence-corrected chi connectivity index (χ4v) is 2.75. The molecule has 0 spiro atoms. The molecule has 29 heavy (non-hydrogen) atoms. The van der Waals surface area contributed by atoms with Crippen LogP contribution in [-0.2, 0) is 9.53 Å². The zero-order valence-corrected chi connectivity index (χ0v) is 16.3. The van der Waals surface area contributed by atoms with Gasteiger partial charge in [0.25, 0.3) is 5.91 Å². The maximum atomic E-state index is 12.5. The third-order valence-electron chi connectivity index (χ3n) is 3.86. The van der Waals surface area contributed by atoms with Crippen LogP contribution in [-0.4, -0.2) is 47.5 Å². The van der Waals surface area contributed by atoms with Crippen molar-refractivity contribution in [3.05, 3.63) is 59.6 Å². The first-order valence-electron chi connectivity index (χ1n) is 8.36. The highest BCUT2D eigenvalue weighted by Gasteiger charge is 2.21.